The quantitative estimate of drug-likeness (QED) is 0.818. The van der Waals surface area contributed by atoms with Crippen LogP contribution in [0.15, 0.2) is 16.5 Å². The molecule has 1 saturated heterocycles. The Kier molecular flexibility index (Phi) is 3.98. The van der Waals surface area contributed by atoms with E-state index in [9.17, 15) is 13.2 Å². The fraction of sp³-hybridized carbons (Fsp3) is 0.722. The van der Waals surface area contributed by atoms with E-state index in [1.165, 1.54) is 6.42 Å². The molecule has 24 heavy (non-hydrogen) atoms. The monoisotopic (exact) mass is 351 g/mol. The lowest BCUT2D eigenvalue weighted by molar-refractivity contribution is -0.132. The van der Waals surface area contributed by atoms with Gasteiger partial charge in [-0.05, 0) is 50.2 Å². The smallest absolute Gasteiger partial charge is 0.241 e. The van der Waals surface area contributed by atoms with Crippen molar-refractivity contribution < 1.29 is 17.6 Å². The maximum absolute atomic E-state index is 12.9. The summed E-state index contributed by atoms with van der Waals surface area (Å²) in [5.74, 6) is 2.91. The Morgan fingerprint density at radius 2 is 2.00 bits per heavy atom. The van der Waals surface area contributed by atoms with E-state index in [1.807, 2.05) is 12.1 Å². The van der Waals surface area contributed by atoms with Crippen molar-refractivity contribution in [2.75, 3.05) is 5.75 Å². The summed E-state index contributed by atoms with van der Waals surface area (Å²) in [4.78, 5) is 14.7. The average molecular weight is 351 g/mol. The van der Waals surface area contributed by atoms with E-state index in [4.69, 9.17) is 4.42 Å². The Labute approximate surface area is 143 Å². The fourth-order valence-electron chi connectivity index (χ4n) is 3.76. The maximum atomic E-state index is 12.9. The summed E-state index contributed by atoms with van der Waals surface area (Å²) < 4.78 is 30.5. The van der Waals surface area contributed by atoms with Crippen LogP contribution in [0, 0.1) is 5.92 Å². The maximum Gasteiger partial charge on any atom is 0.241 e. The van der Waals surface area contributed by atoms with Gasteiger partial charge in [0.25, 0.3) is 0 Å². The van der Waals surface area contributed by atoms with Crippen LogP contribution >= 0.6 is 0 Å². The van der Waals surface area contributed by atoms with Gasteiger partial charge in [-0.1, -0.05) is 13.3 Å². The first-order valence-corrected chi connectivity index (χ1v) is 10.8. The zero-order valence-electron chi connectivity index (χ0n) is 14.1. The van der Waals surface area contributed by atoms with Crippen LogP contribution in [0.25, 0.3) is 0 Å². The highest BCUT2D eigenvalue weighted by atomic mass is 32.2. The van der Waals surface area contributed by atoms with Crippen LogP contribution in [0.1, 0.15) is 62.9 Å². The van der Waals surface area contributed by atoms with E-state index in [1.54, 1.807) is 4.90 Å². The zero-order chi connectivity index (χ0) is 16.9. The Morgan fingerprint density at radius 1 is 1.25 bits per heavy atom. The molecule has 0 aromatic carbocycles. The number of rotatable bonds is 5. The van der Waals surface area contributed by atoms with E-state index in [-0.39, 0.29) is 17.7 Å². The SMILES string of the molecule is C[C@@H]1C[C@@H]1c1ccc(CN(C(=O)[C@@H]2CCCCS2(=O)=O)C2CC2)o1. The Morgan fingerprint density at radius 3 is 2.62 bits per heavy atom. The van der Waals surface area contributed by atoms with Gasteiger partial charge in [0.15, 0.2) is 9.84 Å². The first-order valence-electron chi connectivity index (χ1n) is 9.06. The van der Waals surface area contributed by atoms with Crippen LogP contribution in [0.3, 0.4) is 0 Å². The van der Waals surface area contributed by atoms with Gasteiger partial charge in [-0.2, -0.15) is 0 Å². The highest BCUT2D eigenvalue weighted by Gasteiger charge is 2.42. The van der Waals surface area contributed by atoms with Crippen molar-refractivity contribution in [3.05, 3.63) is 23.7 Å². The van der Waals surface area contributed by atoms with Crippen molar-refractivity contribution in [3.8, 4) is 0 Å². The standard InChI is InChI=1S/C18H25NO4S/c1-12-10-15(12)16-8-7-14(23-16)11-19(13-5-6-13)18(20)17-4-2-3-9-24(17,21)22/h7-8,12-13,15,17H,2-6,9-11H2,1H3/t12-,15+,17+/m1/s1. The van der Waals surface area contributed by atoms with Gasteiger partial charge in [-0.15, -0.1) is 0 Å². The van der Waals surface area contributed by atoms with Crippen molar-refractivity contribution in [1.29, 1.82) is 0 Å². The summed E-state index contributed by atoms with van der Waals surface area (Å²) in [6, 6.07) is 4.14. The largest absolute Gasteiger partial charge is 0.464 e. The van der Waals surface area contributed by atoms with Crippen LogP contribution < -0.4 is 0 Å². The van der Waals surface area contributed by atoms with Gasteiger partial charge in [-0.3, -0.25) is 4.79 Å². The molecule has 1 amide bonds. The molecule has 1 aromatic rings. The summed E-state index contributed by atoms with van der Waals surface area (Å²) >= 11 is 0. The highest BCUT2D eigenvalue weighted by molar-refractivity contribution is 7.92. The van der Waals surface area contributed by atoms with E-state index < -0.39 is 15.1 Å². The minimum absolute atomic E-state index is 0.145. The summed E-state index contributed by atoms with van der Waals surface area (Å²) in [5, 5.41) is -0.843. The van der Waals surface area contributed by atoms with Crippen LogP contribution in [0.5, 0.6) is 0 Å². The Hall–Kier alpha value is -1.30. The van der Waals surface area contributed by atoms with E-state index in [0.717, 1.165) is 30.8 Å². The van der Waals surface area contributed by atoms with Crippen molar-refractivity contribution in [1.82, 2.24) is 4.90 Å². The number of nitrogens with zero attached hydrogens (tertiary/aromatic N) is 1. The van der Waals surface area contributed by atoms with Gasteiger partial charge in [0.2, 0.25) is 5.91 Å². The number of sulfone groups is 1. The molecule has 1 aliphatic heterocycles. The van der Waals surface area contributed by atoms with E-state index >= 15 is 0 Å². The van der Waals surface area contributed by atoms with E-state index in [0.29, 0.717) is 31.2 Å². The van der Waals surface area contributed by atoms with Crippen molar-refractivity contribution in [3.63, 3.8) is 0 Å². The van der Waals surface area contributed by atoms with Gasteiger partial charge >= 0.3 is 0 Å². The summed E-state index contributed by atoms with van der Waals surface area (Å²) in [7, 11) is -3.29. The second-order valence-electron chi connectivity index (χ2n) is 7.67. The van der Waals surface area contributed by atoms with Gasteiger partial charge in [0.05, 0.1) is 12.3 Å². The summed E-state index contributed by atoms with van der Waals surface area (Å²) in [5.41, 5.74) is 0. The third-order valence-electron chi connectivity index (χ3n) is 5.61. The average Bonchev–Trinajstić information content (AvgIpc) is 3.45. The molecular weight excluding hydrogens is 326 g/mol. The number of furan rings is 1. The van der Waals surface area contributed by atoms with Gasteiger partial charge in [-0.25, -0.2) is 8.42 Å². The third-order valence-corrected chi connectivity index (χ3v) is 7.77. The van der Waals surface area contributed by atoms with Crippen LogP contribution in [0.2, 0.25) is 0 Å². The molecule has 4 rings (SSSR count). The molecule has 3 atom stereocenters. The van der Waals surface area contributed by atoms with Crippen LogP contribution in [-0.4, -0.2) is 36.3 Å². The molecule has 0 N–H and O–H groups in total. The molecule has 3 aliphatic rings. The molecule has 2 aliphatic carbocycles. The van der Waals surface area contributed by atoms with E-state index in [2.05, 4.69) is 6.92 Å². The molecule has 0 spiro atoms. The second kappa shape index (κ2) is 5.90. The fourth-order valence-corrected chi connectivity index (χ4v) is 5.61. The van der Waals surface area contributed by atoms with Crippen LogP contribution in [0.4, 0.5) is 0 Å². The minimum atomic E-state index is -3.29. The number of hydrogen-bond donors (Lipinski definition) is 0. The molecular formula is C18H25NO4S. The molecule has 0 unspecified atom stereocenters. The zero-order valence-corrected chi connectivity index (χ0v) is 14.9. The minimum Gasteiger partial charge on any atom is -0.464 e. The number of carbonyl (C=O) groups excluding carboxylic acids is 1. The Balaban J connectivity index is 1.50. The lowest BCUT2D eigenvalue weighted by Gasteiger charge is -2.28. The topological polar surface area (TPSA) is 67.6 Å². The number of hydrogen-bond acceptors (Lipinski definition) is 4. The number of carbonyl (C=O) groups is 1. The Bertz CT molecular complexity index is 734. The van der Waals surface area contributed by atoms with Gasteiger partial charge < -0.3 is 9.32 Å². The molecule has 3 fully saturated rings. The highest BCUT2D eigenvalue weighted by Crippen LogP contribution is 2.47. The van der Waals surface area contributed by atoms with Crippen molar-refractivity contribution >= 4 is 15.7 Å². The molecule has 0 bridgehead atoms. The molecule has 1 aromatic heterocycles. The molecule has 6 heteroatoms. The summed E-state index contributed by atoms with van der Waals surface area (Å²) in [6.45, 7) is 2.61. The number of amides is 1. The second-order valence-corrected chi connectivity index (χ2v) is 9.98. The normalized spacial score (nSPS) is 31.6. The molecule has 2 heterocycles. The van der Waals surface area contributed by atoms with Gasteiger partial charge in [0.1, 0.15) is 16.8 Å². The first kappa shape index (κ1) is 16.2. The molecule has 132 valence electrons. The lowest BCUT2D eigenvalue weighted by Crippen LogP contribution is -2.45. The van der Waals surface area contributed by atoms with Crippen molar-refractivity contribution in [2.45, 2.75) is 69.2 Å². The summed E-state index contributed by atoms with van der Waals surface area (Å²) in [6.07, 6.45) is 5.05. The molecule has 2 saturated carbocycles. The molecule has 5 nitrogen and oxygen atoms in total. The third kappa shape index (κ3) is 3.13. The van der Waals surface area contributed by atoms with Crippen LogP contribution in [-0.2, 0) is 21.2 Å². The lowest BCUT2D eigenvalue weighted by atomic mass is 10.1. The predicted molar refractivity (Wildman–Crippen MR) is 90.2 cm³/mol. The van der Waals surface area contributed by atoms with Gasteiger partial charge in [0, 0.05) is 12.0 Å². The molecule has 0 radical (unpaired) electrons. The first-order chi connectivity index (χ1) is 11.5. The van der Waals surface area contributed by atoms with Crippen molar-refractivity contribution in [2.24, 2.45) is 5.92 Å². The predicted octanol–water partition coefficient (Wildman–Crippen LogP) is 2.86.